The Labute approximate surface area is 79.0 Å². The quantitative estimate of drug-likeness (QED) is 0.765. The monoisotopic (exact) mass is 179 g/mol. The topological polar surface area (TPSA) is 43.8 Å². The molecular formula is C10H17N3. The molecule has 0 spiro atoms. The van der Waals surface area contributed by atoms with Gasteiger partial charge in [0.1, 0.15) is 0 Å². The van der Waals surface area contributed by atoms with E-state index in [9.17, 15) is 0 Å². The highest BCUT2D eigenvalue weighted by Gasteiger charge is 2.24. The molecule has 3 heteroatoms. The van der Waals surface area contributed by atoms with Crippen molar-refractivity contribution in [2.75, 3.05) is 6.54 Å². The van der Waals surface area contributed by atoms with Gasteiger partial charge in [-0.15, -0.1) is 0 Å². The van der Waals surface area contributed by atoms with Crippen LogP contribution in [-0.4, -0.2) is 16.1 Å². The van der Waals surface area contributed by atoms with Crippen molar-refractivity contribution in [2.45, 2.75) is 31.7 Å². The predicted molar refractivity (Wildman–Crippen MR) is 52.3 cm³/mol. The highest BCUT2D eigenvalue weighted by atomic mass is 15.1. The fourth-order valence-corrected chi connectivity index (χ4v) is 2.30. The number of imidazole rings is 1. The van der Waals surface area contributed by atoms with Crippen LogP contribution in [0.1, 0.15) is 31.7 Å². The maximum Gasteiger partial charge on any atom is 0.0948 e. The molecule has 1 fully saturated rings. The molecular weight excluding hydrogens is 162 g/mol. The van der Waals surface area contributed by atoms with E-state index in [1.165, 1.54) is 25.7 Å². The smallest absolute Gasteiger partial charge is 0.0948 e. The molecule has 3 nitrogen and oxygen atoms in total. The minimum atomic E-state index is 0.680. The lowest BCUT2D eigenvalue weighted by molar-refractivity contribution is 0.459. The van der Waals surface area contributed by atoms with Crippen LogP contribution >= 0.6 is 0 Å². The van der Waals surface area contributed by atoms with Crippen molar-refractivity contribution in [1.29, 1.82) is 0 Å². The maximum atomic E-state index is 5.55. The Bertz CT molecular complexity index is 243. The van der Waals surface area contributed by atoms with Gasteiger partial charge in [-0.25, -0.2) is 4.98 Å². The standard InChI is InChI=1S/C10H17N3/c11-4-3-9-1-2-10(7-9)13-6-5-12-8-13/h5-6,8-10H,1-4,7,11H2. The van der Waals surface area contributed by atoms with Gasteiger partial charge in [-0.05, 0) is 38.1 Å². The molecule has 13 heavy (non-hydrogen) atoms. The van der Waals surface area contributed by atoms with Crippen molar-refractivity contribution >= 4 is 0 Å². The van der Waals surface area contributed by atoms with Crippen LogP contribution in [-0.2, 0) is 0 Å². The summed E-state index contributed by atoms with van der Waals surface area (Å²) in [5, 5.41) is 0. The summed E-state index contributed by atoms with van der Waals surface area (Å²) in [6, 6.07) is 0.680. The number of hydrogen-bond donors (Lipinski definition) is 1. The van der Waals surface area contributed by atoms with E-state index in [2.05, 4.69) is 15.7 Å². The number of hydrogen-bond acceptors (Lipinski definition) is 2. The molecule has 2 atom stereocenters. The van der Waals surface area contributed by atoms with E-state index in [1.54, 1.807) is 0 Å². The van der Waals surface area contributed by atoms with Crippen molar-refractivity contribution < 1.29 is 0 Å². The molecule has 0 radical (unpaired) electrons. The summed E-state index contributed by atoms with van der Waals surface area (Å²) in [7, 11) is 0. The van der Waals surface area contributed by atoms with E-state index < -0.39 is 0 Å². The molecule has 72 valence electrons. The second-order valence-electron chi connectivity index (χ2n) is 3.92. The maximum absolute atomic E-state index is 5.55. The SMILES string of the molecule is NCCC1CCC(n2ccnc2)C1. The third kappa shape index (κ3) is 1.91. The molecule has 0 aliphatic heterocycles. The second-order valence-corrected chi connectivity index (χ2v) is 3.92. The van der Waals surface area contributed by atoms with Gasteiger partial charge in [0.05, 0.1) is 6.33 Å². The Morgan fingerprint density at radius 1 is 1.46 bits per heavy atom. The van der Waals surface area contributed by atoms with E-state index in [0.29, 0.717) is 6.04 Å². The lowest BCUT2D eigenvalue weighted by atomic mass is 10.0. The van der Waals surface area contributed by atoms with Crippen molar-refractivity contribution in [2.24, 2.45) is 11.7 Å². The van der Waals surface area contributed by atoms with Crippen molar-refractivity contribution in [1.82, 2.24) is 9.55 Å². The minimum absolute atomic E-state index is 0.680. The van der Waals surface area contributed by atoms with Crippen molar-refractivity contribution in [3.63, 3.8) is 0 Å². The van der Waals surface area contributed by atoms with E-state index in [-0.39, 0.29) is 0 Å². The summed E-state index contributed by atoms with van der Waals surface area (Å²) >= 11 is 0. The van der Waals surface area contributed by atoms with Gasteiger partial charge in [0.15, 0.2) is 0 Å². The molecule has 1 aromatic rings. The highest BCUT2D eigenvalue weighted by molar-refractivity contribution is 4.86. The van der Waals surface area contributed by atoms with Crippen LogP contribution in [0, 0.1) is 5.92 Å². The Hall–Kier alpha value is -0.830. The first kappa shape index (κ1) is 8.75. The summed E-state index contributed by atoms with van der Waals surface area (Å²) in [5.74, 6) is 0.845. The van der Waals surface area contributed by atoms with Crippen LogP contribution in [0.3, 0.4) is 0 Å². The van der Waals surface area contributed by atoms with Gasteiger partial charge in [0.25, 0.3) is 0 Å². The summed E-state index contributed by atoms with van der Waals surface area (Å²) in [4.78, 5) is 4.08. The molecule has 2 unspecified atom stereocenters. The fourth-order valence-electron chi connectivity index (χ4n) is 2.30. The summed E-state index contributed by atoms with van der Waals surface area (Å²) in [6.45, 7) is 0.835. The van der Waals surface area contributed by atoms with Crippen molar-refractivity contribution in [3.05, 3.63) is 18.7 Å². The van der Waals surface area contributed by atoms with Crippen LogP contribution in [0.4, 0.5) is 0 Å². The molecule has 0 saturated heterocycles. The van der Waals surface area contributed by atoms with Crippen LogP contribution in [0.5, 0.6) is 0 Å². The van der Waals surface area contributed by atoms with E-state index in [0.717, 1.165) is 12.5 Å². The number of rotatable bonds is 3. The zero-order chi connectivity index (χ0) is 9.10. The molecule has 2 rings (SSSR count). The molecule has 1 heterocycles. The van der Waals surface area contributed by atoms with Crippen LogP contribution in [0.2, 0.25) is 0 Å². The first-order chi connectivity index (χ1) is 6.40. The van der Waals surface area contributed by atoms with E-state index in [1.807, 2.05) is 12.5 Å². The van der Waals surface area contributed by atoms with Crippen LogP contribution in [0.15, 0.2) is 18.7 Å². The molecule has 0 aromatic carbocycles. The molecule has 1 aromatic heterocycles. The van der Waals surface area contributed by atoms with Gasteiger partial charge in [-0.1, -0.05) is 0 Å². The van der Waals surface area contributed by atoms with E-state index >= 15 is 0 Å². The first-order valence-corrected chi connectivity index (χ1v) is 5.07. The van der Waals surface area contributed by atoms with Crippen molar-refractivity contribution in [3.8, 4) is 0 Å². The van der Waals surface area contributed by atoms with E-state index in [4.69, 9.17) is 5.73 Å². The normalized spacial score (nSPS) is 28.1. The molecule has 1 aliphatic rings. The number of nitrogens with zero attached hydrogens (tertiary/aromatic N) is 2. The Kier molecular flexibility index (Phi) is 2.64. The summed E-state index contributed by atoms with van der Waals surface area (Å²) in [6.07, 6.45) is 10.9. The molecule has 0 bridgehead atoms. The number of nitrogens with two attached hydrogens (primary N) is 1. The minimum Gasteiger partial charge on any atom is -0.334 e. The van der Waals surface area contributed by atoms with Crippen LogP contribution in [0.25, 0.3) is 0 Å². The third-order valence-corrected chi connectivity index (χ3v) is 3.03. The Balaban J connectivity index is 1.91. The van der Waals surface area contributed by atoms with Gasteiger partial charge in [-0.2, -0.15) is 0 Å². The van der Waals surface area contributed by atoms with Gasteiger partial charge in [0.2, 0.25) is 0 Å². The molecule has 1 saturated carbocycles. The predicted octanol–water partition coefficient (Wildman–Crippen LogP) is 1.57. The zero-order valence-electron chi connectivity index (χ0n) is 7.89. The summed E-state index contributed by atoms with van der Waals surface area (Å²) < 4.78 is 2.23. The molecule has 0 amide bonds. The largest absolute Gasteiger partial charge is 0.334 e. The average molecular weight is 179 g/mol. The Morgan fingerprint density at radius 3 is 3.08 bits per heavy atom. The zero-order valence-corrected chi connectivity index (χ0v) is 7.89. The van der Waals surface area contributed by atoms with Gasteiger partial charge in [-0.3, -0.25) is 0 Å². The third-order valence-electron chi connectivity index (χ3n) is 3.03. The number of aromatic nitrogens is 2. The summed E-state index contributed by atoms with van der Waals surface area (Å²) in [5.41, 5.74) is 5.55. The molecule has 1 aliphatic carbocycles. The van der Waals surface area contributed by atoms with Gasteiger partial charge >= 0.3 is 0 Å². The van der Waals surface area contributed by atoms with Gasteiger partial charge in [0, 0.05) is 18.4 Å². The average Bonchev–Trinajstić information content (AvgIpc) is 2.70. The lowest BCUT2D eigenvalue weighted by Gasteiger charge is -2.11. The second kappa shape index (κ2) is 3.92. The first-order valence-electron chi connectivity index (χ1n) is 5.07. The Morgan fingerprint density at radius 2 is 2.38 bits per heavy atom. The lowest BCUT2D eigenvalue weighted by Crippen LogP contribution is -2.07. The highest BCUT2D eigenvalue weighted by Crippen LogP contribution is 2.35. The fraction of sp³-hybridized carbons (Fsp3) is 0.700. The van der Waals surface area contributed by atoms with Crippen LogP contribution < -0.4 is 5.73 Å². The van der Waals surface area contributed by atoms with Gasteiger partial charge < -0.3 is 10.3 Å². The molecule has 2 N–H and O–H groups in total.